The van der Waals surface area contributed by atoms with Gasteiger partial charge in [0, 0.05) is 38.0 Å². The van der Waals surface area contributed by atoms with Gasteiger partial charge in [-0.3, -0.25) is 19.7 Å². The molecule has 9 nitrogen and oxygen atoms in total. The minimum absolute atomic E-state index is 0.124. The molecule has 1 atom stereocenters. The van der Waals surface area contributed by atoms with Gasteiger partial charge in [0.05, 0.1) is 16.5 Å². The van der Waals surface area contributed by atoms with Crippen molar-refractivity contribution in [3.63, 3.8) is 0 Å². The third kappa shape index (κ3) is 5.73. The molecule has 0 spiro atoms. The lowest BCUT2D eigenvalue weighted by atomic mass is 9.95. The third-order valence-electron chi connectivity index (χ3n) is 6.30. The van der Waals surface area contributed by atoms with Crippen LogP contribution in [0, 0.1) is 17.0 Å². The topological polar surface area (TPSA) is 119 Å². The number of ether oxygens (including phenoxy) is 2. The molecule has 3 aromatic rings. The van der Waals surface area contributed by atoms with E-state index in [9.17, 15) is 24.8 Å². The summed E-state index contributed by atoms with van der Waals surface area (Å²) >= 11 is 0. The number of carbonyl (C=O) groups is 2. The molecule has 0 unspecified atom stereocenters. The van der Waals surface area contributed by atoms with Gasteiger partial charge >= 0.3 is 0 Å². The predicted molar refractivity (Wildman–Crippen MR) is 141 cm³/mol. The van der Waals surface area contributed by atoms with Gasteiger partial charge in [0.2, 0.25) is 0 Å². The second kappa shape index (κ2) is 11.7. The summed E-state index contributed by atoms with van der Waals surface area (Å²) in [7, 11) is 1.53. The van der Waals surface area contributed by atoms with E-state index in [1.54, 1.807) is 30.3 Å². The third-order valence-corrected chi connectivity index (χ3v) is 6.30. The zero-order chi connectivity index (χ0) is 27.2. The molecule has 1 heterocycles. The van der Waals surface area contributed by atoms with Crippen LogP contribution < -0.4 is 4.74 Å². The molecule has 1 aliphatic heterocycles. The van der Waals surface area contributed by atoms with Crippen LogP contribution in [0.4, 0.5) is 5.69 Å². The number of nitro benzene ring substituents is 1. The Kier molecular flexibility index (Phi) is 8.18. The van der Waals surface area contributed by atoms with Crippen LogP contribution in [0.1, 0.15) is 34.7 Å². The fourth-order valence-electron chi connectivity index (χ4n) is 4.48. The minimum Gasteiger partial charge on any atom is -0.507 e. The molecular formula is C29H28N2O7. The van der Waals surface area contributed by atoms with E-state index in [-0.39, 0.29) is 23.6 Å². The Labute approximate surface area is 220 Å². The molecular weight excluding hydrogens is 488 g/mol. The van der Waals surface area contributed by atoms with Gasteiger partial charge in [0.25, 0.3) is 17.4 Å². The quantitative estimate of drug-likeness (QED) is 0.101. The van der Waals surface area contributed by atoms with Crippen molar-refractivity contribution in [2.45, 2.75) is 26.0 Å². The number of aryl methyl sites for hydroxylation is 1. The number of non-ortho nitro benzene ring substituents is 1. The fourth-order valence-corrected chi connectivity index (χ4v) is 4.48. The van der Waals surface area contributed by atoms with Gasteiger partial charge in [-0.2, -0.15) is 0 Å². The van der Waals surface area contributed by atoms with Crippen molar-refractivity contribution in [3.8, 4) is 5.75 Å². The van der Waals surface area contributed by atoms with Gasteiger partial charge in [-0.1, -0.05) is 42.0 Å². The molecule has 1 amide bonds. The van der Waals surface area contributed by atoms with Crippen LogP contribution in [0.3, 0.4) is 0 Å². The highest BCUT2D eigenvalue weighted by Gasteiger charge is 2.46. The summed E-state index contributed by atoms with van der Waals surface area (Å²) in [5.74, 6) is -1.42. The Balaban J connectivity index is 1.67. The molecule has 0 aromatic heterocycles. The molecule has 196 valence electrons. The average Bonchev–Trinajstić information content (AvgIpc) is 3.17. The van der Waals surface area contributed by atoms with Crippen molar-refractivity contribution in [3.05, 3.63) is 111 Å². The van der Waals surface area contributed by atoms with Crippen LogP contribution in [0.2, 0.25) is 0 Å². The van der Waals surface area contributed by atoms with E-state index < -0.39 is 22.7 Å². The van der Waals surface area contributed by atoms with E-state index >= 15 is 0 Å². The normalized spacial score (nSPS) is 16.6. The number of nitrogens with zero attached hydrogens (tertiary/aromatic N) is 2. The van der Waals surface area contributed by atoms with Crippen molar-refractivity contribution in [1.29, 1.82) is 0 Å². The summed E-state index contributed by atoms with van der Waals surface area (Å²) in [6, 6.07) is 19.2. The highest BCUT2D eigenvalue weighted by Crippen LogP contribution is 2.40. The maximum Gasteiger partial charge on any atom is 0.295 e. The van der Waals surface area contributed by atoms with Gasteiger partial charge in [0.1, 0.15) is 18.1 Å². The molecule has 9 heteroatoms. The van der Waals surface area contributed by atoms with E-state index in [0.29, 0.717) is 36.5 Å². The van der Waals surface area contributed by atoms with Gasteiger partial charge in [0.15, 0.2) is 0 Å². The largest absolute Gasteiger partial charge is 0.507 e. The van der Waals surface area contributed by atoms with Gasteiger partial charge in [-0.25, -0.2) is 0 Å². The number of hydrogen-bond donors (Lipinski definition) is 1. The lowest BCUT2D eigenvalue weighted by Crippen LogP contribution is -2.31. The van der Waals surface area contributed by atoms with Gasteiger partial charge < -0.3 is 19.5 Å². The first kappa shape index (κ1) is 26.6. The smallest absolute Gasteiger partial charge is 0.295 e. The summed E-state index contributed by atoms with van der Waals surface area (Å²) in [5.41, 5.74) is 2.51. The van der Waals surface area contributed by atoms with E-state index in [2.05, 4.69) is 0 Å². The summed E-state index contributed by atoms with van der Waals surface area (Å²) in [5, 5.41) is 22.6. The first-order valence-corrected chi connectivity index (χ1v) is 12.1. The summed E-state index contributed by atoms with van der Waals surface area (Å²) in [6.07, 6.45) is 0.446. The Morgan fingerprint density at radius 3 is 2.47 bits per heavy atom. The molecule has 0 aliphatic carbocycles. The number of likely N-dealkylation sites (tertiary alicyclic amines) is 1. The van der Waals surface area contributed by atoms with Crippen molar-refractivity contribution in [2.24, 2.45) is 0 Å². The number of carbonyl (C=O) groups excluding carboxylic acids is 2. The number of ketones is 1. The first-order valence-electron chi connectivity index (χ1n) is 12.1. The molecule has 0 saturated carbocycles. The van der Waals surface area contributed by atoms with Crippen LogP contribution in [0.5, 0.6) is 5.75 Å². The summed E-state index contributed by atoms with van der Waals surface area (Å²) in [6.45, 7) is 2.90. The number of hydrogen-bond acceptors (Lipinski definition) is 7. The van der Waals surface area contributed by atoms with Crippen LogP contribution in [-0.2, 0) is 20.9 Å². The highest BCUT2D eigenvalue weighted by atomic mass is 16.6. The number of aliphatic hydroxyl groups is 1. The van der Waals surface area contributed by atoms with Crippen molar-refractivity contribution in [2.75, 3.05) is 20.3 Å². The van der Waals surface area contributed by atoms with Crippen LogP contribution in [-0.4, -0.2) is 46.9 Å². The molecule has 1 saturated heterocycles. The maximum atomic E-state index is 13.1. The SMILES string of the molecule is COCCCN1C(=O)C(=O)/C(=C(/O)c2ccc(OCc3cccc(C)c3)cc2)[C@@H]1c1cccc([N+](=O)[O-])c1. The van der Waals surface area contributed by atoms with Gasteiger partial charge in [-0.05, 0) is 48.7 Å². The predicted octanol–water partition coefficient (Wildman–Crippen LogP) is 4.94. The Morgan fingerprint density at radius 2 is 1.79 bits per heavy atom. The number of Topliss-reactive ketones (excluding diaryl/α,β-unsaturated/α-hetero) is 1. The molecule has 0 bridgehead atoms. The summed E-state index contributed by atoms with van der Waals surface area (Å²) < 4.78 is 10.9. The van der Waals surface area contributed by atoms with Crippen molar-refractivity contribution >= 4 is 23.1 Å². The lowest BCUT2D eigenvalue weighted by Gasteiger charge is -2.25. The van der Waals surface area contributed by atoms with Crippen LogP contribution in [0.25, 0.3) is 5.76 Å². The number of amides is 1. The number of benzene rings is 3. The average molecular weight is 517 g/mol. The Bertz CT molecular complexity index is 1380. The van der Waals surface area contributed by atoms with E-state index in [1.807, 2.05) is 31.2 Å². The number of methoxy groups -OCH3 is 1. The van der Waals surface area contributed by atoms with Crippen LogP contribution >= 0.6 is 0 Å². The van der Waals surface area contributed by atoms with Crippen LogP contribution in [0.15, 0.2) is 78.4 Å². The number of rotatable bonds is 10. The Hall–Kier alpha value is -4.50. The molecule has 1 fully saturated rings. The molecule has 4 rings (SSSR count). The second-order valence-electron chi connectivity index (χ2n) is 8.99. The minimum atomic E-state index is -0.982. The standard InChI is InChI=1S/C29H28N2O7/c1-19-6-3-7-20(16-19)18-38-24-12-10-21(11-13-24)27(32)25-26(22-8-4-9-23(17-22)31(35)36)30(14-5-15-37-2)29(34)28(25)33/h3-4,6-13,16-17,26,32H,5,14-15,18H2,1-2H3/b27-25+/t26-/m0/s1. The molecule has 1 aliphatic rings. The fraction of sp³-hybridized carbons (Fsp3) is 0.241. The van der Waals surface area contributed by atoms with E-state index in [4.69, 9.17) is 9.47 Å². The zero-order valence-electron chi connectivity index (χ0n) is 21.1. The van der Waals surface area contributed by atoms with Crippen molar-refractivity contribution < 1.29 is 29.1 Å². The van der Waals surface area contributed by atoms with Crippen molar-refractivity contribution in [1.82, 2.24) is 4.90 Å². The lowest BCUT2D eigenvalue weighted by molar-refractivity contribution is -0.384. The molecule has 1 N–H and O–H groups in total. The highest BCUT2D eigenvalue weighted by molar-refractivity contribution is 6.46. The second-order valence-corrected chi connectivity index (χ2v) is 8.99. The van der Waals surface area contributed by atoms with E-state index in [0.717, 1.165) is 11.1 Å². The first-order chi connectivity index (χ1) is 18.3. The molecule has 0 radical (unpaired) electrons. The van der Waals surface area contributed by atoms with Gasteiger partial charge in [-0.15, -0.1) is 0 Å². The Morgan fingerprint density at radius 1 is 1.05 bits per heavy atom. The molecule has 3 aromatic carbocycles. The number of aliphatic hydroxyl groups excluding tert-OH is 1. The van der Waals surface area contributed by atoms with E-state index in [1.165, 1.54) is 30.2 Å². The number of nitro groups is 1. The zero-order valence-corrected chi connectivity index (χ0v) is 21.1. The maximum absolute atomic E-state index is 13.1. The monoisotopic (exact) mass is 516 g/mol. The molecule has 38 heavy (non-hydrogen) atoms. The summed E-state index contributed by atoms with van der Waals surface area (Å²) in [4.78, 5) is 38.3.